The van der Waals surface area contributed by atoms with E-state index in [2.05, 4.69) is 10.3 Å². The highest BCUT2D eigenvalue weighted by Crippen LogP contribution is 2.21. The zero-order valence-electron chi connectivity index (χ0n) is 15.9. The van der Waals surface area contributed by atoms with E-state index in [9.17, 15) is 13.2 Å². The molecular weight excluding hydrogens is 378 g/mol. The highest BCUT2D eigenvalue weighted by molar-refractivity contribution is 7.89. The fraction of sp³-hybridized carbons (Fsp3) is 0.400. The van der Waals surface area contributed by atoms with Crippen LogP contribution in [0, 0.1) is 0 Å². The Hall–Kier alpha value is -2.45. The average molecular weight is 404 g/mol. The Morgan fingerprint density at radius 3 is 2.61 bits per heavy atom. The van der Waals surface area contributed by atoms with Crippen molar-refractivity contribution in [3.8, 4) is 5.88 Å². The van der Waals surface area contributed by atoms with Crippen molar-refractivity contribution in [1.29, 1.82) is 0 Å². The van der Waals surface area contributed by atoms with Gasteiger partial charge in [-0.3, -0.25) is 4.79 Å². The number of pyridine rings is 1. The van der Waals surface area contributed by atoms with E-state index in [1.54, 1.807) is 36.5 Å². The van der Waals surface area contributed by atoms with Gasteiger partial charge in [-0.25, -0.2) is 13.4 Å². The number of amides is 1. The number of carbonyl (C=O) groups excluding carboxylic acids is 1. The van der Waals surface area contributed by atoms with Crippen LogP contribution in [-0.2, 0) is 16.6 Å². The number of benzene rings is 1. The second-order valence-electron chi connectivity index (χ2n) is 6.74. The van der Waals surface area contributed by atoms with Crippen LogP contribution < -0.4 is 10.1 Å². The number of methoxy groups -OCH3 is 1. The Kier molecular flexibility index (Phi) is 6.64. The Morgan fingerprint density at radius 1 is 1.14 bits per heavy atom. The summed E-state index contributed by atoms with van der Waals surface area (Å²) < 4.78 is 32.5. The normalized spacial score (nSPS) is 15.6. The predicted octanol–water partition coefficient (Wildman–Crippen LogP) is 2.58. The van der Waals surface area contributed by atoms with Crippen LogP contribution in [-0.4, -0.2) is 43.8 Å². The van der Waals surface area contributed by atoms with Gasteiger partial charge in [0, 0.05) is 37.5 Å². The molecule has 7 nitrogen and oxygen atoms in total. The summed E-state index contributed by atoms with van der Waals surface area (Å²) in [6, 6.07) is 9.73. The van der Waals surface area contributed by atoms with Crippen molar-refractivity contribution in [1.82, 2.24) is 14.6 Å². The summed E-state index contributed by atoms with van der Waals surface area (Å²) in [5, 5.41) is 2.80. The molecule has 0 unspecified atom stereocenters. The molecule has 1 saturated heterocycles. The number of aromatic nitrogens is 1. The van der Waals surface area contributed by atoms with Crippen LogP contribution in [0.2, 0.25) is 0 Å². The minimum Gasteiger partial charge on any atom is -0.481 e. The van der Waals surface area contributed by atoms with E-state index in [-0.39, 0.29) is 10.8 Å². The topological polar surface area (TPSA) is 88.6 Å². The Balaban J connectivity index is 1.72. The number of hydrogen-bond acceptors (Lipinski definition) is 5. The van der Waals surface area contributed by atoms with Crippen LogP contribution in [0.5, 0.6) is 5.88 Å². The molecule has 0 bridgehead atoms. The summed E-state index contributed by atoms with van der Waals surface area (Å²) in [4.78, 5) is 16.7. The van der Waals surface area contributed by atoms with Gasteiger partial charge in [-0.2, -0.15) is 4.31 Å². The maximum Gasteiger partial charge on any atom is 0.251 e. The molecule has 2 aromatic rings. The zero-order chi connectivity index (χ0) is 20.0. The van der Waals surface area contributed by atoms with Crippen LogP contribution in [0.4, 0.5) is 0 Å². The number of nitrogens with zero attached hydrogens (tertiary/aromatic N) is 2. The third-order valence-electron chi connectivity index (χ3n) is 4.76. The van der Waals surface area contributed by atoms with Crippen LogP contribution in [0.1, 0.15) is 41.6 Å². The van der Waals surface area contributed by atoms with Crippen molar-refractivity contribution < 1.29 is 17.9 Å². The van der Waals surface area contributed by atoms with Crippen molar-refractivity contribution in [3.05, 3.63) is 53.7 Å². The fourth-order valence-electron chi connectivity index (χ4n) is 3.19. The quantitative estimate of drug-likeness (QED) is 0.801. The van der Waals surface area contributed by atoms with Gasteiger partial charge >= 0.3 is 0 Å². The molecular formula is C20H25N3O4S. The molecule has 2 heterocycles. The van der Waals surface area contributed by atoms with E-state index < -0.39 is 10.0 Å². The van der Waals surface area contributed by atoms with E-state index in [0.29, 0.717) is 31.1 Å². The summed E-state index contributed by atoms with van der Waals surface area (Å²) in [5.74, 6) is 0.140. The lowest BCUT2D eigenvalue weighted by Gasteiger charge is -2.20. The lowest BCUT2D eigenvalue weighted by atomic mass is 10.2. The second kappa shape index (κ2) is 9.16. The molecule has 0 atom stereocenters. The summed E-state index contributed by atoms with van der Waals surface area (Å²) in [6.45, 7) is 1.35. The van der Waals surface area contributed by atoms with Gasteiger partial charge in [-0.15, -0.1) is 0 Å². The zero-order valence-corrected chi connectivity index (χ0v) is 16.7. The maximum absolute atomic E-state index is 12.9. The van der Waals surface area contributed by atoms with Gasteiger partial charge in [0.05, 0.1) is 12.0 Å². The Bertz CT molecular complexity index is 923. The van der Waals surface area contributed by atoms with Gasteiger partial charge in [0.25, 0.3) is 5.91 Å². The summed E-state index contributed by atoms with van der Waals surface area (Å²) in [6.07, 6.45) is 5.45. The molecule has 1 aliphatic heterocycles. The molecule has 1 aliphatic rings. The van der Waals surface area contributed by atoms with Crippen molar-refractivity contribution in [3.63, 3.8) is 0 Å². The third-order valence-corrected chi connectivity index (χ3v) is 6.66. The number of ether oxygens (including phenoxy) is 1. The predicted molar refractivity (Wildman–Crippen MR) is 106 cm³/mol. The first-order chi connectivity index (χ1) is 13.5. The number of hydrogen-bond donors (Lipinski definition) is 1. The smallest absolute Gasteiger partial charge is 0.251 e. The average Bonchev–Trinajstić information content (AvgIpc) is 3.02. The molecule has 8 heteroatoms. The van der Waals surface area contributed by atoms with E-state index >= 15 is 0 Å². The van der Waals surface area contributed by atoms with Crippen LogP contribution >= 0.6 is 0 Å². The highest BCUT2D eigenvalue weighted by Gasteiger charge is 2.25. The van der Waals surface area contributed by atoms with Crippen LogP contribution in [0.15, 0.2) is 47.5 Å². The van der Waals surface area contributed by atoms with Gasteiger partial charge in [0.2, 0.25) is 15.9 Å². The second-order valence-corrected chi connectivity index (χ2v) is 8.67. The molecule has 1 fully saturated rings. The molecule has 0 saturated carbocycles. The number of carbonyl (C=O) groups is 1. The molecule has 1 N–H and O–H groups in total. The van der Waals surface area contributed by atoms with Gasteiger partial charge < -0.3 is 10.1 Å². The first kappa shape index (κ1) is 20.3. The van der Waals surface area contributed by atoms with E-state index in [1.807, 2.05) is 0 Å². The molecule has 28 heavy (non-hydrogen) atoms. The molecule has 150 valence electrons. The fourth-order valence-corrected chi connectivity index (χ4v) is 4.75. The van der Waals surface area contributed by atoms with Crippen molar-refractivity contribution >= 4 is 15.9 Å². The lowest BCUT2D eigenvalue weighted by molar-refractivity contribution is 0.0950. The molecule has 0 radical (unpaired) electrons. The summed E-state index contributed by atoms with van der Waals surface area (Å²) >= 11 is 0. The molecule has 3 rings (SSSR count). The van der Waals surface area contributed by atoms with Crippen LogP contribution in [0.25, 0.3) is 0 Å². The molecule has 0 spiro atoms. The number of sulfonamides is 1. The summed E-state index contributed by atoms with van der Waals surface area (Å²) in [5.41, 5.74) is 1.16. The van der Waals surface area contributed by atoms with E-state index in [0.717, 1.165) is 31.2 Å². The Labute approximate surface area is 165 Å². The monoisotopic (exact) mass is 403 g/mol. The maximum atomic E-state index is 12.9. The minimum atomic E-state index is -3.59. The molecule has 1 aromatic heterocycles. The molecule has 1 amide bonds. The first-order valence-corrected chi connectivity index (χ1v) is 10.8. The van der Waals surface area contributed by atoms with E-state index in [1.165, 1.54) is 17.5 Å². The highest BCUT2D eigenvalue weighted by atomic mass is 32.2. The standard InChI is InChI=1S/C20H25N3O4S/c1-27-19-13-16(9-10-21-19)15-22-20(24)17-7-6-8-18(14-17)28(25,26)23-11-4-2-3-5-12-23/h6-10,13-14H,2-5,11-12,15H2,1H3,(H,22,24). The number of rotatable bonds is 6. The molecule has 0 aliphatic carbocycles. The van der Waals surface area contributed by atoms with Crippen molar-refractivity contribution in [2.45, 2.75) is 37.1 Å². The van der Waals surface area contributed by atoms with Gasteiger partial charge in [-0.1, -0.05) is 18.9 Å². The van der Waals surface area contributed by atoms with E-state index in [4.69, 9.17) is 4.74 Å². The van der Waals surface area contributed by atoms with Gasteiger partial charge in [0.1, 0.15) is 0 Å². The first-order valence-electron chi connectivity index (χ1n) is 9.38. The van der Waals surface area contributed by atoms with Gasteiger partial charge in [-0.05, 0) is 42.7 Å². The SMILES string of the molecule is COc1cc(CNC(=O)c2cccc(S(=O)(=O)N3CCCCCC3)c2)ccn1. The minimum absolute atomic E-state index is 0.160. The van der Waals surface area contributed by atoms with Crippen molar-refractivity contribution in [2.75, 3.05) is 20.2 Å². The summed E-state index contributed by atoms with van der Waals surface area (Å²) in [7, 11) is -2.06. The number of nitrogens with one attached hydrogen (secondary N) is 1. The van der Waals surface area contributed by atoms with Crippen molar-refractivity contribution in [2.24, 2.45) is 0 Å². The third kappa shape index (κ3) is 4.88. The molecule has 1 aromatic carbocycles. The largest absolute Gasteiger partial charge is 0.481 e. The Morgan fingerprint density at radius 2 is 1.89 bits per heavy atom. The van der Waals surface area contributed by atoms with Crippen LogP contribution in [0.3, 0.4) is 0 Å². The van der Waals surface area contributed by atoms with Gasteiger partial charge in [0.15, 0.2) is 0 Å². The lowest BCUT2D eigenvalue weighted by Crippen LogP contribution is -2.32.